The molecule has 2 aromatic rings. The largest absolute Gasteiger partial charge is 0.305 e. The van der Waals surface area contributed by atoms with Crippen molar-refractivity contribution in [1.29, 1.82) is 0 Å². The predicted molar refractivity (Wildman–Crippen MR) is 41.4 cm³/mol. The molecule has 2 aromatic heterocycles. The van der Waals surface area contributed by atoms with Crippen molar-refractivity contribution in [2.45, 2.75) is 0 Å². The van der Waals surface area contributed by atoms with Gasteiger partial charge in [0.25, 0.3) is 0 Å². The maximum absolute atomic E-state index is 3.95. The topological polar surface area (TPSA) is 17.8 Å². The van der Waals surface area contributed by atoms with Gasteiger partial charge in [0.2, 0.25) is 0 Å². The zero-order valence-corrected chi connectivity index (χ0v) is 6.08. The Labute approximate surface area is 62.8 Å². The molecule has 0 aliphatic carbocycles. The molecule has 0 spiro atoms. The maximum Gasteiger partial charge on any atom is 0.0991 e. The van der Waals surface area contributed by atoms with E-state index >= 15 is 0 Å². The first-order valence-electron chi connectivity index (χ1n) is 2.97. The Kier molecular flexibility index (Phi) is 1.29. The highest BCUT2D eigenvalue weighted by Crippen LogP contribution is 2.10. The Morgan fingerprint density at radius 3 is 3.10 bits per heavy atom. The minimum Gasteiger partial charge on any atom is -0.305 e. The molecule has 0 amide bonds. The number of imidazole rings is 1. The summed E-state index contributed by atoms with van der Waals surface area (Å²) >= 11 is 1.69. The third kappa shape index (κ3) is 0.844. The third-order valence-corrected chi connectivity index (χ3v) is 1.98. The quantitative estimate of drug-likeness (QED) is 0.607. The fourth-order valence-electron chi connectivity index (χ4n) is 0.816. The van der Waals surface area contributed by atoms with Crippen LogP contribution in [0.2, 0.25) is 0 Å². The third-order valence-electron chi connectivity index (χ3n) is 1.31. The van der Waals surface area contributed by atoms with Crippen LogP contribution in [0.5, 0.6) is 0 Å². The molecule has 0 aliphatic rings. The van der Waals surface area contributed by atoms with Crippen molar-refractivity contribution >= 4 is 11.3 Å². The van der Waals surface area contributed by atoms with Gasteiger partial charge in [-0.15, -0.1) is 0 Å². The molecule has 0 aromatic carbocycles. The highest BCUT2D eigenvalue weighted by atomic mass is 32.1. The minimum absolute atomic E-state index is 1.18. The molecule has 2 heterocycles. The summed E-state index contributed by atoms with van der Waals surface area (Å²) < 4.78 is 1.98. The number of hydrogen-bond acceptors (Lipinski definition) is 2. The molecule has 0 saturated heterocycles. The van der Waals surface area contributed by atoms with Gasteiger partial charge in [-0.2, -0.15) is 11.3 Å². The lowest BCUT2D eigenvalue weighted by atomic mass is 10.5. The lowest BCUT2D eigenvalue weighted by Crippen LogP contribution is -1.83. The van der Waals surface area contributed by atoms with E-state index in [0.29, 0.717) is 0 Å². The first-order chi connectivity index (χ1) is 4.97. The van der Waals surface area contributed by atoms with Gasteiger partial charge in [0.15, 0.2) is 0 Å². The van der Waals surface area contributed by atoms with Crippen LogP contribution in [-0.4, -0.2) is 9.55 Å². The van der Waals surface area contributed by atoms with Crippen molar-refractivity contribution in [3.05, 3.63) is 35.5 Å². The first-order valence-corrected chi connectivity index (χ1v) is 3.91. The molecular weight excluding hydrogens is 144 g/mol. The number of thiophene rings is 1. The van der Waals surface area contributed by atoms with E-state index in [1.807, 2.05) is 10.8 Å². The van der Waals surface area contributed by atoms with Gasteiger partial charge in [-0.1, -0.05) is 0 Å². The number of rotatable bonds is 1. The SMILES string of the molecule is c1cn(-c2ccsc2)cn1. The average Bonchev–Trinajstić information content (AvgIpc) is 2.59. The first kappa shape index (κ1) is 5.68. The Hall–Kier alpha value is -1.09. The van der Waals surface area contributed by atoms with Crippen LogP contribution in [0.25, 0.3) is 5.69 Å². The van der Waals surface area contributed by atoms with Crippen molar-refractivity contribution < 1.29 is 0 Å². The molecule has 0 unspecified atom stereocenters. The standard InChI is InChI=1S/C7H6N2S/c1-4-10-5-7(1)9-3-2-8-6-9/h1-6H. The number of aromatic nitrogens is 2. The van der Waals surface area contributed by atoms with Crippen LogP contribution in [0.4, 0.5) is 0 Å². The van der Waals surface area contributed by atoms with Crippen molar-refractivity contribution in [3.63, 3.8) is 0 Å². The Bertz CT molecular complexity index is 251. The van der Waals surface area contributed by atoms with Crippen LogP contribution < -0.4 is 0 Å². The van der Waals surface area contributed by atoms with E-state index in [1.165, 1.54) is 5.69 Å². The van der Waals surface area contributed by atoms with E-state index in [0.717, 1.165) is 0 Å². The summed E-state index contributed by atoms with van der Waals surface area (Å²) in [5, 5.41) is 4.14. The van der Waals surface area contributed by atoms with Gasteiger partial charge in [0.05, 0.1) is 12.0 Å². The van der Waals surface area contributed by atoms with Crippen LogP contribution in [-0.2, 0) is 0 Å². The van der Waals surface area contributed by atoms with Crippen molar-refractivity contribution in [1.82, 2.24) is 9.55 Å². The van der Waals surface area contributed by atoms with Gasteiger partial charge in [0.1, 0.15) is 0 Å². The zero-order chi connectivity index (χ0) is 6.81. The van der Waals surface area contributed by atoms with Crippen LogP contribution in [0.3, 0.4) is 0 Å². The smallest absolute Gasteiger partial charge is 0.0991 e. The highest BCUT2D eigenvalue weighted by molar-refractivity contribution is 7.08. The normalized spacial score (nSPS) is 10.0. The number of hydrogen-bond donors (Lipinski definition) is 0. The molecule has 2 nitrogen and oxygen atoms in total. The lowest BCUT2D eigenvalue weighted by Gasteiger charge is -1.92. The zero-order valence-electron chi connectivity index (χ0n) is 5.27. The van der Waals surface area contributed by atoms with E-state index in [2.05, 4.69) is 21.8 Å². The van der Waals surface area contributed by atoms with Crippen LogP contribution in [0.15, 0.2) is 35.5 Å². The van der Waals surface area contributed by atoms with Gasteiger partial charge in [0, 0.05) is 17.8 Å². The molecule has 0 N–H and O–H groups in total. The predicted octanol–water partition coefficient (Wildman–Crippen LogP) is 1.93. The molecule has 10 heavy (non-hydrogen) atoms. The molecule has 0 fully saturated rings. The fraction of sp³-hybridized carbons (Fsp3) is 0. The summed E-state index contributed by atoms with van der Waals surface area (Å²) in [6.45, 7) is 0. The minimum atomic E-state index is 1.18. The molecular formula is C7H6N2S. The van der Waals surface area contributed by atoms with Crippen LogP contribution in [0, 0.1) is 0 Å². The summed E-state index contributed by atoms with van der Waals surface area (Å²) in [6.07, 6.45) is 5.50. The molecule has 2 rings (SSSR count). The Balaban J connectivity index is 2.48. The highest BCUT2D eigenvalue weighted by Gasteiger charge is 1.91. The van der Waals surface area contributed by atoms with Gasteiger partial charge in [-0.3, -0.25) is 0 Å². The van der Waals surface area contributed by atoms with E-state index in [-0.39, 0.29) is 0 Å². The van der Waals surface area contributed by atoms with Crippen LogP contribution >= 0.6 is 11.3 Å². The van der Waals surface area contributed by atoms with Crippen molar-refractivity contribution in [2.75, 3.05) is 0 Å². The second-order valence-electron chi connectivity index (χ2n) is 1.95. The molecule has 3 heteroatoms. The van der Waals surface area contributed by atoms with E-state index < -0.39 is 0 Å². The number of nitrogens with zero attached hydrogens (tertiary/aromatic N) is 2. The van der Waals surface area contributed by atoms with Gasteiger partial charge in [-0.25, -0.2) is 4.98 Å². The molecule has 50 valence electrons. The second kappa shape index (κ2) is 2.27. The maximum atomic E-state index is 3.95. The Morgan fingerprint density at radius 2 is 2.50 bits per heavy atom. The summed E-state index contributed by atoms with van der Waals surface area (Å²) in [5.74, 6) is 0. The van der Waals surface area contributed by atoms with Crippen LogP contribution in [0.1, 0.15) is 0 Å². The molecule has 0 aliphatic heterocycles. The lowest BCUT2D eigenvalue weighted by molar-refractivity contribution is 1.07. The van der Waals surface area contributed by atoms with Crippen molar-refractivity contribution in [3.8, 4) is 5.69 Å². The average molecular weight is 150 g/mol. The molecule has 0 bridgehead atoms. The van der Waals surface area contributed by atoms with E-state index in [1.54, 1.807) is 23.9 Å². The van der Waals surface area contributed by atoms with Gasteiger partial charge >= 0.3 is 0 Å². The summed E-state index contributed by atoms with van der Waals surface area (Å²) in [5.41, 5.74) is 1.18. The Morgan fingerprint density at radius 1 is 1.50 bits per heavy atom. The van der Waals surface area contributed by atoms with Crippen molar-refractivity contribution in [2.24, 2.45) is 0 Å². The monoisotopic (exact) mass is 150 g/mol. The summed E-state index contributed by atoms with van der Waals surface area (Å²) in [6, 6.07) is 2.06. The van der Waals surface area contributed by atoms with E-state index in [9.17, 15) is 0 Å². The molecule has 0 saturated carbocycles. The molecule has 0 atom stereocenters. The summed E-state index contributed by atoms with van der Waals surface area (Å²) in [7, 11) is 0. The fourth-order valence-corrected chi connectivity index (χ4v) is 1.45. The van der Waals surface area contributed by atoms with Gasteiger partial charge < -0.3 is 4.57 Å². The molecule has 0 radical (unpaired) electrons. The van der Waals surface area contributed by atoms with Gasteiger partial charge in [-0.05, 0) is 11.4 Å². The summed E-state index contributed by atoms with van der Waals surface area (Å²) in [4.78, 5) is 3.95. The van der Waals surface area contributed by atoms with E-state index in [4.69, 9.17) is 0 Å². The second-order valence-corrected chi connectivity index (χ2v) is 2.73.